The van der Waals surface area contributed by atoms with E-state index in [4.69, 9.17) is 0 Å². The van der Waals surface area contributed by atoms with Gasteiger partial charge >= 0.3 is 0 Å². The summed E-state index contributed by atoms with van der Waals surface area (Å²) in [5, 5.41) is 0. The smallest absolute Gasteiger partial charge is 0.0165 e. The maximum absolute atomic E-state index is 2.54. The van der Waals surface area contributed by atoms with Crippen LogP contribution in [0, 0.1) is 0 Å². The van der Waals surface area contributed by atoms with Crippen LogP contribution in [-0.4, -0.2) is 24.5 Å². The number of aryl methyl sites for hydroxylation is 1. The van der Waals surface area contributed by atoms with Gasteiger partial charge in [-0.05, 0) is 44.0 Å². The van der Waals surface area contributed by atoms with E-state index >= 15 is 0 Å². The van der Waals surface area contributed by atoms with Gasteiger partial charge in [0.15, 0.2) is 0 Å². The molecule has 1 aromatic rings. The third-order valence-corrected chi connectivity index (χ3v) is 3.99. The highest BCUT2D eigenvalue weighted by molar-refractivity contribution is 5.35. The summed E-state index contributed by atoms with van der Waals surface area (Å²) in [6.07, 6.45) is 4.00. The van der Waals surface area contributed by atoms with Crippen LogP contribution in [0.2, 0.25) is 0 Å². The highest BCUT2D eigenvalue weighted by Crippen LogP contribution is 2.40. The Balaban J connectivity index is 2.03. The minimum atomic E-state index is 0.824. The monoisotopic (exact) mass is 187 g/mol. The van der Waals surface area contributed by atoms with Gasteiger partial charge in [0.2, 0.25) is 0 Å². The van der Waals surface area contributed by atoms with Crippen LogP contribution in [0.5, 0.6) is 0 Å². The summed E-state index contributed by atoms with van der Waals surface area (Å²) in [5.74, 6) is 0.824. The zero-order chi connectivity index (χ0) is 9.54. The molecule has 0 saturated carbocycles. The van der Waals surface area contributed by atoms with Crippen LogP contribution in [0.25, 0.3) is 0 Å². The molecule has 0 aromatic heterocycles. The Morgan fingerprint density at radius 2 is 2.07 bits per heavy atom. The van der Waals surface area contributed by atoms with Crippen molar-refractivity contribution in [2.24, 2.45) is 0 Å². The SMILES string of the molecule is CN1CC[C@H]2c3ccccc3CC[C@H]21. The minimum Gasteiger partial charge on any atom is -0.303 e. The van der Waals surface area contributed by atoms with Gasteiger partial charge in [0, 0.05) is 12.0 Å². The largest absolute Gasteiger partial charge is 0.303 e. The van der Waals surface area contributed by atoms with Gasteiger partial charge in [-0.2, -0.15) is 0 Å². The second-order valence-corrected chi connectivity index (χ2v) is 4.68. The van der Waals surface area contributed by atoms with E-state index in [0.717, 1.165) is 12.0 Å². The predicted octanol–water partition coefficient (Wildman–Crippen LogP) is 2.42. The van der Waals surface area contributed by atoms with E-state index in [1.807, 2.05) is 0 Å². The molecular formula is C13H17N. The summed E-state index contributed by atoms with van der Waals surface area (Å²) in [7, 11) is 2.28. The van der Waals surface area contributed by atoms with E-state index in [-0.39, 0.29) is 0 Å². The average Bonchev–Trinajstić information content (AvgIpc) is 2.61. The van der Waals surface area contributed by atoms with Gasteiger partial charge in [-0.15, -0.1) is 0 Å². The number of likely N-dealkylation sites (N-methyl/N-ethyl adjacent to an activating group) is 1. The summed E-state index contributed by atoms with van der Waals surface area (Å²) in [4.78, 5) is 2.54. The molecule has 1 heteroatoms. The van der Waals surface area contributed by atoms with E-state index in [1.54, 1.807) is 11.1 Å². The molecule has 1 heterocycles. The summed E-state index contributed by atoms with van der Waals surface area (Å²) < 4.78 is 0. The van der Waals surface area contributed by atoms with Crippen molar-refractivity contribution < 1.29 is 0 Å². The van der Waals surface area contributed by atoms with Crippen molar-refractivity contribution in [3.8, 4) is 0 Å². The number of fused-ring (bicyclic) bond motifs is 3. The Morgan fingerprint density at radius 3 is 3.00 bits per heavy atom. The Hall–Kier alpha value is -0.820. The number of hydrogen-bond donors (Lipinski definition) is 0. The van der Waals surface area contributed by atoms with Crippen LogP contribution in [0.1, 0.15) is 29.9 Å². The van der Waals surface area contributed by atoms with E-state index in [1.165, 1.54) is 25.8 Å². The molecule has 0 amide bonds. The van der Waals surface area contributed by atoms with Gasteiger partial charge < -0.3 is 4.90 Å². The van der Waals surface area contributed by atoms with E-state index in [2.05, 4.69) is 36.2 Å². The highest BCUT2D eigenvalue weighted by Gasteiger charge is 2.36. The molecule has 0 N–H and O–H groups in total. The molecule has 0 bridgehead atoms. The second-order valence-electron chi connectivity index (χ2n) is 4.68. The Morgan fingerprint density at radius 1 is 1.21 bits per heavy atom. The van der Waals surface area contributed by atoms with Crippen molar-refractivity contribution in [3.05, 3.63) is 35.4 Å². The van der Waals surface area contributed by atoms with Crippen LogP contribution in [0.3, 0.4) is 0 Å². The summed E-state index contributed by atoms with van der Waals surface area (Å²) >= 11 is 0. The van der Waals surface area contributed by atoms with Gasteiger partial charge in [0.05, 0.1) is 0 Å². The first-order chi connectivity index (χ1) is 6.86. The van der Waals surface area contributed by atoms with E-state index < -0.39 is 0 Å². The van der Waals surface area contributed by atoms with Crippen LogP contribution in [-0.2, 0) is 6.42 Å². The third-order valence-electron chi connectivity index (χ3n) is 3.99. The lowest BCUT2D eigenvalue weighted by molar-refractivity contribution is 0.275. The number of benzene rings is 1. The second kappa shape index (κ2) is 3.09. The molecule has 1 aliphatic carbocycles. The summed E-state index contributed by atoms with van der Waals surface area (Å²) in [6, 6.07) is 9.84. The fourth-order valence-electron chi connectivity index (χ4n) is 3.22. The van der Waals surface area contributed by atoms with Gasteiger partial charge in [-0.1, -0.05) is 24.3 Å². The molecule has 1 fully saturated rings. The zero-order valence-electron chi connectivity index (χ0n) is 8.74. The number of rotatable bonds is 0. The lowest BCUT2D eigenvalue weighted by Gasteiger charge is -2.31. The van der Waals surface area contributed by atoms with Crippen LogP contribution < -0.4 is 0 Å². The molecule has 2 aliphatic rings. The normalized spacial score (nSPS) is 31.2. The van der Waals surface area contributed by atoms with Crippen LogP contribution in [0.4, 0.5) is 0 Å². The maximum Gasteiger partial charge on any atom is 0.0165 e. The number of hydrogen-bond acceptors (Lipinski definition) is 1. The van der Waals surface area contributed by atoms with Crippen LogP contribution in [0.15, 0.2) is 24.3 Å². The molecule has 3 rings (SSSR count). The quantitative estimate of drug-likeness (QED) is 0.603. The zero-order valence-corrected chi connectivity index (χ0v) is 8.74. The van der Waals surface area contributed by atoms with E-state index in [0.29, 0.717) is 0 Å². The Labute approximate surface area is 85.7 Å². The van der Waals surface area contributed by atoms with Crippen molar-refractivity contribution in [2.45, 2.75) is 31.2 Å². The van der Waals surface area contributed by atoms with Crippen molar-refractivity contribution in [2.75, 3.05) is 13.6 Å². The topological polar surface area (TPSA) is 3.24 Å². The van der Waals surface area contributed by atoms with E-state index in [9.17, 15) is 0 Å². The molecule has 1 aliphatic heterocycles. The third kappa shape index (κ3) is 1.12. The molecule has 0 unspecified atom stereocenters. The molecule has 1 nitrogen and oxygen atoms in total. The molecule has 74 valence electrons. The van der Waals surface area contributed by atoms with Crippen LogP contribution >= 0.6 is 0 Å². The average molecular weight is 187 g/mol. The summed E-state index contributed by atoms with van der Waals surface area (Å²) in [5.41, 5.74) is 3.23. The molecule has 14 heavy (non-hydrogen) atoms. The standard InChI is InChI=1S/C13H17N/c1-14-9-8-12-11-5-3-2-4-10(11)6-7-13(12)14/h2-5,12-13H,6-9H2,1H3/t12-,13+/m0/s1. The van der Waals surface area contributed by atoms with Crippen molar-refractivity contribution >= 4 is 0 Å². The molecule has 2 atom stereocenters. The van der Waals surface area contributed by atoms with Gasteiger partial charge in [0.1, 0.15) is 0 Å². The van der Waals surface area contributed by atoms with Crippen molar-refractivity contribution in [3.63, 3.8) is 0 Å². The molecule has 0 spiro atoms. The van der Waals surface area contributed by atoms with Crippen molar-refractivity contribution in [1.82, 2.24) is 4.90 Å². The number of nitrogens with zero attached hydrogens (tertiary/aromatic N) is 1. The molecule has 1 aromatic carbocycles. The van der Waals surface area contributed by atoms with Gasteiger partial charge in [-0.3, -0.25) is 0 Å². The maximum atomic E-state index is 2.54. The molecule has 1 saturated heterocycles. The fourth-order valence-corrected chi connectivity index (χ4v) is 3.22. The highest BCUT2D eigenvalue weighted by atomic mass is 15.2. The lowest BCUT2D eigenvalue weighted by atomic mass is 9.80. The minimum absolute atomic E-state index is 0.824. The Bertz CT molecular complexity index is 345. The number of likely N-dealkylation sites (tertiary alicyclic amines) is 1. The van der Waals surface area contributed by atoms with Gasteiger partial charge in [0.25, 0.3) is 0 Å². The first kappa shape index (κ1) is 8.49. The molecular weight excluding hydrogens is 170 g/mol. The van der Waals surface area contributed by atoms with Gasteiger partial charge in [-0.25, -0.2) is 0 Å². The predicted molar refractivity (Wildman–Crippen MR) is 58.5 cm³/mol. The first-order valence-corrected chi connectivity index (χ1v) is 5.64. The van der Waals surface area contributed by atoms with Crippen molar-refractivity contribution in [1.29, 1.82) is 0 Å². The Kier molecular flexibility index (Phi) is 1.88. The molecule has 0 radical (unpaired) electrons. The lowest BCUT2D eigenvalue weighted by Crippen LogP contribution is -2.31. The fraction of sp³-hybridized carbons (Fsp3) is 0.538. The first-order valence-electron chi connectivity index (χ1n) is 5.64. The summed E-state index contributed by atoms with van der Waals surface area (Å²) in [6.45, 7) is 1.28.